The summed E-state index contributed by atoms with van der Waals surface area (Å²) in [6.07, 6.45) is 3.79. The number of hydrogen-bond acceptors (Lipinski definition) is 2. The molecule has 12 heavy (non-hydrogen) atoms. The van der Waals surface area contributed by atoms with Crippen LogP contribution in [0.2, 0.25) is 0 Å². The molecule has 2 heteroatoms. The van der Waals surface area contributed by atoms with Gasteiger partial charge in [-0.15, -0.1) is 0 Å². The van der Waals surface area contributed by atoms with Crippen molar-refractivity contribution in [1.29, 1.82) is 0 Å². The molecule has 2 nitrogen and oxygen atoms in total. The first-order valence-electron chi connectivity index (χ1n) is 4.17. The monoisotopic (exact) mass is 162 g/mol. The summed E-state index contributed by atoms with van der Waals surface area (Å²) >= 11 is 0. The van der Waals surface area contributed by atoms with E-state index in [0.29, 0.717) is 0 Å². The standard InChI is InChI=1S/C10H14N2/c1-4-11-7-10-5-9(3)12-6-8(10)2/h5-7H,4H2,1-3H3. The first-order chi connectivity index (χ1) is 5.74. The fourth-order valence-corrected chi connectivity index (χ4v) is 0.978. The minimum atomic E-state index is 0.834. The smallest absolute Gasteiger partial charge is 0.0379 e. The van der Waals surface area contributed by atoms with Crippen LogP contribution in [0.1, 0.15) is 23.7 Å². The van der Waals surface area contributed by atoms with Crippen LogP contribution in [0.25, 0.3) is 0 Å². The molecule has 0 unspecified atom stereocenters. The van der Waals surface area contributed by atoms with E-state index in [-0.39, 0.29) is 0 Å². The molecular weight excluding hydrogens is 148 g/mol. The average Bonchev–Trinajstić information content (AvgIpc) is 2.07. The highest BCUT2D eigenvalue weighted by Gasteiger charge is 1.94. The number of hydrogen-bond donors (Lipinski definition) is 0. The Bertz CT molecular complexity index is 290. The number of aryl methyl sites for hydroxylation is 2. The van der Waals surface area contributed by atoms with Crippen molar-refractivity contribution in [2.24, 2.45) is 4.99 Å². The van der Waals surface area contributed by atoms with E-state index in [1.165, 1.54) is 11.1 Å². The Labute approximate surface area is 73.4 Å². The molecule has 0 aromatic carbocycles. The van der Waals surface area contributed by atoms with Crippen LogP contribution < -0.4 is 0 Å². The number of aromatic nitrogens is 1. The molecule has 0 aliphatic rings. The van der Waals surface area contributed by atoms with Crippen molar-refractivity contribution in [2.75, 3.05) is 6.54 Å². The van der Waals surface area contributed by atoms with Crippen LogP contribution in [0.15, 0.2) is 17.3 Å². The third kappa shape index (κ3) is 2.16. The van der Waals surface area contributed by atoms with Crippen LogP contribution in [0.5, 0.6) is 0 Å². The van der Waals surface area contributed by atoms with Crippen LogP contribution in [0.4, 0.5) is 0 Å². The van der Waals surface area contributed by atoms with Gasteiger partial charge in [-0.05, 0) is 38.0 Å². The van der Waals surface area contributed by atoms with E-state index < -0.39 is 0 Å². The topological polar surface area (TPSA) is 25.2 Å². The Kier molecular flexibility index (Phi) is 2.97. The zero-order valence-electron chi connectivity index (χ0n) is 7.83. The average molecular weight is 162 g/mol. The van der Waals surface area contributed by atoms with Crippen molar-refractivity contribution in [2.45, 2.75) is 20.8 Å². The Hall–Kier alpha value is -1.18. The molecule has 0 aliphatic heterocycles. The summed E-state index contributed by atoms with van der Waals surface area (Å²) in [7, 11) is 0. The molecule has 0 atom stereocenters. The molecule has 1 heterocycles. The van der Waals surface area contributed by atoms with Crippen LogP contribution in [0, 0.1) is 13.8 Å². The number of pyridine rings is 1. The third-order valence-corrected chi connectivity index (χ3v) is 1.69. The van der Waals surface area contributed by atoms with Crippen LogP contribution in [-0.4, -0.2) is 17.7 Å². The van der Waals surface area contributed by atoms with E-state index in [0.717, 1.165) is 12.2 Å². The molecule has 1 aromatic heterocycles. The van der Waals surface area contributed by atoms with Gasteiger partial charge >= 0.3 is 0 Å². The summed E-state index contributed by atoms with van der Waals surface area (Å²) in [5.41, 5.74) is 3.39. The maximum absolute atomic E-state index is 4.19. The summed E-state index contributed by atoms with van der Waals surface area (Å²) < 4.78 is 0. The van der Waals surface area contributed by atoms with E-state index in [1.807, 2.05) is 33.2 Å². The number of aliphatic imine (C=N–C) groups is 1. The first kappa shape index (κ1) is 8.91. The molecule has 0 saturated heterocycles. The van der Waals surface area contributed by atoms with Crippen molar-refractivity contribution >= 4 is 6.21 Å². The van der Waals surface area contributed by atoms with Crippen molar-refractivity contribution < 1.29 is 0 Å². The first-order valence-corrected chi connectivity index (χ1v) is 4.17. The van der Waals surface area contributed by atoms with E-state index in [1.54, 1.807) is 0 Å². The quantitative estimate of drug-likeness (QED) is 0.611. The lowest BCUT2D eigenvalue weighted by Gasteiger charge is -1.99. The van der Waals surface area contributed by atoms with Gasteiger partial charge < -0.3 is 0 Å². The lowest BCUT2D eigenvalue weighted by atomic mass is 10.1. The normalized spacial score (nSPS) is 10.9. The highest BCUT2D eigenvalue weighted by molar-refractivity contribution is 5.81. The Morgan fingerprint density at radius 2 is 2.25 bits per heavy atom. The molecule has 0 radical (unpaired) electrons. The predicted molar refractivity (Wildman–Crippen MR) is 51.8 cm³/mol. The molecular formula is C10H14N2. The fraction of sp³-hybridized carbons (Fsp3) is 0.400. The fourth-order valence-electron chi connectivity index (χ4n) is 0.978. The van der Waals surface area contributed by atoms with Crippen LogP contribution >= 0.6 is 0 Å². The SMILES string of the molecule is CCN=Cc1cc(C)ncc1C. The van der Waals surface area contributed by atoms with E-state index in [9.17, 15) is 0 Å². The van der Waals surface area contributed by atoms with Crippen LogP contribution in [0.3, 0.4) is 0 Å². The van der Waals surface area contributed by atoms with Gasteiger partial charge in [-0.25, -0.2) is 0 Å². The lowest BCUT2D eigenvalue weighted by molar-refractivity contribution is 1.13. The summed E-state index contributed by atoms with van der Waals surface area (Å²) in [5, 5.41) is 0. The molecule has 0 saturated carbocycles. The summed E-state index contributed by atoms with van der Waals surface area (Å²) in [6.45, 7) is 6.90. The second-order valence-electron chi connectivity index (χ2n) is 2.81. The van der Waals surface area contributed by atoms with Gasteiger partial charge in [0.05, 0.1) is 0 Å². The van der Waals surface area contributed by atoms with Crippen molar-refractivity contribution in [3.8, 4) is 0 Å². The van der Waals surface area contributed by atoms with Gasteiger partial charge in [-0.1, -0.05) is 0 Å². The summed E-state index contributed by atoms with van der Waals surface area (Å²) in [4.78, 5) is 8.38. The Morgan fingerprint density at radius 1 is 1.50 bits per heavy atom. The zero-order chi connectivity index (χ0) is 8.97. The van der Waals surface area contributed by atoms with Gasteiger partial charge in [0.2, 0.25) is 0 Å². The minimum absolute atomic E-state index is 0.834. The third-order valence-electron chi connectivity index (χ3n) is 1.69. The number of rotatable bonds is 2. The molecule has 0 fully saturated rings. The van der Waals surface area contributed by atoms with Gasteiger partial charge in [-0.3, -0.25) is 9.98 Å². The molecule has 0 amide bonds. The summed E-state index contributed by atoms with van der Waals surface area (Å²) in [5.74, 6) is 0. The van der Waals surface area contributed by atoms with Gasteiger partial charge in [0.25, 0.3) is 0 Å². The number of nitrogens with zero attached hydrogens (tertiary/aromatic N) is 2. The second kappa shape index (κ2) is 4.00. The van der Waals surface area contributed by atoms with E-state index >= 15 is 0 Å². The lowest BCUT2D eigenvalue weighted by Crippen LogP contribution is -1.91. The predicted octanol–water partition coefficient (Wildman–Crippen LogP) is 2.14. The van der Waals surface area contributed by atoms with Gasteiger partial charge in [0.1, 0.15) is 0 Å². The van der Waals surface area contributed by atoms with E-state index in [2.05, 4.69) is 16.0 Å². The van der Waals surface area contributed by atoms with Crippen LogP contribution in [-0.2, 0) is 0 Å². The minimum Gasteiger partial charge on any atom is -0.293 e. The van der Waals surface area contributed by atoms with Gasteiger partial charge in [0, 0.05) is 24.7 Å². The van der Waals surface area contributed by atoms with Gasteiger partial charge in [-0.2, -0.15) is 0 Å². The van der Waals surface area contributed by atoms with Crippen molar-refractivity contribution in [3.63, 3.8) is 0 Å². The largest absolute Gasteiger partial charge is 0.293 e. The Morgan fingerprint density at radius 3 is 2.92 bits per heavy atom. The van der Waals surface area contributed by atoms with Crippen molar-refractivity contribution in [1.82, 2.24) is 4.98 Å². The molecule has 0 bridgehead atoms. The van der Waals surface area contributed by atoms with E-state index in [4.69, 9.17) is 0 Å². The highest BCUT2D eigenvalue weighted by Crippen LogP contribution is 2.04. The molecule has 0 aliphatic carbocycles. The van der Waals surface area contributed by atoms with Crippen molar-refractivity contribution in [3.05, 3.63) is 29.1 Å². The highest BCUT2D eigenvalue weighted by atomic mass is 14.7. The maximum Gasteiger partial charge on any atom is 0.0379 e. The summed E-state index contributed by atoms with van der Waals surface area (Å²) in [6, 6.07) is 2.05. The molecule has 0 N–H and O–H groups in total. The molecule has 1 rings (SSSR count). The second-order valence-corrected chi connectivity index (χ2v) is 2.81. The molecule has 1 aromatic rings. The Balaban J connectivity index is 2.97. The molecule has 64 valence electrons. The zero-order valence-corrected chi connectivity index (χ0v) is 7.83. The van der Waals surface area contributed by atoms with Gasteiger partial charge in [0.15, 0.2) is 0 Å². The maximum atomic E-state index is 4.19. The molecule has 0 spiro atoms.